The highest BCUT2D eigenvalue weighted by molar-refractivity contribution is 5.78. The minimum Gasteiger partial charge on any atom is -0.443 e. The molecule has 1 aliphatic rings. The molecule has 0 aromatic heterocycles. The number of benzene rings is 1. The van der Waals surface area contributed by atoms with Gasteiger partial charge in [0.15, 0.2) is 0 Å². The molecule has 1 aromatic carbocycles. The average molecular weight is 333 g/mol. The first-order valence-electron chi connectivity index (χ1n) is 8.35. The lowest BCUT2D eigenvalue weighted by atomic mass is 10.00. The van der Waals surface area contributed by atoms with Crippen LogP contribution in [0.4, 0.5) is 4.79 Å². The van der Waals surface area contributed by atoms with Gasteiger partial charge in [0.1, 0.15) is 5.60 Å². The molecule has 1 aromatic rings. The lowest BCUT2D eigenvalue weighted by Gasteiger charge is -2.36. The second-order valence-electron chi connectivity index (χ2n) is 7.13. The summed E-state index contributed by atoms with van der Waals surface area (Å²) in [6, 6.07) is 9.97. The van der Waals surface area contributed by atoms with Gasteiger partial charge in [-0.05, 0) is 39.7 Å². The zero-order valence-corrected chi connectivity index (χ0v) is 14.8. The smallest absolute Gasteiger partial charge is 0.422 e. The number of ether oxygens (including phenoxy) is 1. The molecular formula is C18H27N3O3. The van der Waals surface area contributed by atoms with Crippen LogP contribution >= 0.6 is 0 Å². The van der Waals surface area contributed by atoms with Crippen molar-refractivity contribution in [3.8, 4) is 0 Å². The van der Waals surface area contributed by atoms with E-state index in [-0.39, 0.29) is 18.0 Å². The molecule has 2 rings (SSSR count). The van der Waals surface area contributed by atoms with Crippen LogP contribution in [0.1, 0.15) is 52.1 Å². The van der Waals surface area contributed by atoms with E-state index < -0.39 is 11.7 Å². The molecular weight excluding hydrogens is 306 g/mol. The van der Waals surface area contributed by atoms with Crippen molar-refractivity contribution in [2.24, 2.45) is 0 Å². The van der Waals surface area contributed by atoms with E-state index in [9.17, 15) is 9.59 Å². The highest BCUT2D eigenvalue weighted by atomic mass is 16.6. The Kier molecular flexibility index (Phi) is 5.83. The Hall–Kier alpha value is -2.08. The van der Waals surface area contributed by atoms with Gasteiger partial charge in [-0.3, -0.25) is 10.2 Å². The number of carbonyl (C=O) groups excluding carboxylic acids is 2. The molecule has 0 saturated carbocycles. The van der Waals surface area contributed by atoms with Crippen molar-refractivity contribution >= 4 is 12.0 Å². The quantitative estimate of drug-likeness (QED) is 0.831. The SMILES string of the molecule is CC(c1ccccc1)N1CCC(NNC(=O)OC(C)(C)C)CC1=O. The van der Waals surface area contributed by atoms with Crippen LogP contribution in [0, 0.1) is 0 Å². The second kappa shape index (κ2) is 7.66. The van der Waals surface area contributed by atoms with E-state index in [4.69, 9.17) is 4.74 Å². The van der Waals surface area contributed by atoms with Gasteiger partial charge >= 0.3 is 6.09 Å². The van der Waals surface area contributed by atoms with Gasteiger partial charge in [-0.2, -0.15) is 0 Å². The van der Waals surface area contributed by atoms with Crippen molar-refractivity contribution in [2.75, 3.05) is 6.54 Å². The number of amides is 2. The molecule has 2 N–H and O–H groups in total. The number of carbonyl (C=O) groups is 2. The molecule has 0 bridgehead atoms. The van der Waals surface area contributed by atoms with E-state index in [1.807, 2.05) is 42.2 Å². The summed E-state index contributed by atoms with van der Waals surface area (Å²) < 4.78 is 5.16. The Morgan fingerprint density at radius 3 is 2.54 bits per heavy atom. The highest BCUT2D eigenvalue weighted by Gasteiger charge is 2.29. The fourth-order valence-corrected chi connectivity index (χ4v) is 2.76. The van der Waals surface area contributed by atoms with Crippen molar-refractivity contribution in [1.29, 1.82) is 0 Å². The number of rotatable bonds is 4. The van der Waals surface area contributed by atoms with Crippen LogP contribution in [0.5, 0.6) is 0 Å². The minimum absolute atomic E-state index is 0.0541. The summed E-state index contributed by atoms with van der Waals surface area (Å²) in [5.74, 6) is 0.0843. The standard InChI is InChI=1S/C18H27N3O3/c1-13(14-8-6-5-7-9-14)21-11-10-15(12-16(21)22)19-20-17(23)24-18(2,3)4/h5-9,13,15,19H,10-12H2,1-4H3,(H,20,23). The van der Waals surface area contributed by atoms with E-state index in [0.29, 0.717) is 13.0 Å². The Morgan fingerprint density at radius 2 is 1.96 bits per heavy atom. The van der Waals surface area contributed by atoms with Gasteiger partial charge in [0.25, 0.3) is 0 Å². The maximum absolute atomic E-state index is 12.4. The summed E-state index contributed by atoms with van der Waals surface area (Å²) in [5, 5.41) is 0. The van der Waals surface area contributed by atoms with Gasteiger partial charge in [0, 0.05) is 19.0 Å². The molecule has 0 radical (unpaired) electrons. The fourth-order valence-electron chi connectivity index (χ4n) is 2.76. The average Bonchev–Trinajstić information content (AvgIpc) is 2.52. The third-order valence-corrected chi connectivity index (χ3v) is 3.99. The molecule has 24 heavy (non-hydrogen) atoms. The molecule has 132 valence electrons. The molecule has 2 amide bonds. The van der Waals surface area contributed by atoms with Gasteiger partial charge in [-0.25, -0.2) is 10.2 Å². The number of piperidine rings is 1. The zero-order valence-electron chi connectivity index (χ0n) is 14.8. The predicted molar refractivity (Wildman–Crippen MR) is 92.1 cm³/mol. The van der Waals surface area contributed by atoms with Crippen LogP contribution in [0.3, 0.4) is 0 Å². The summed E-state index contributed by atoms with van der Waals surface area (Å²) in [5.41, 5.74) is 6.01. The van der Waals surface area contributed by atoms with E-state index in [2.05, 4.69) is 10.9 Å². The van der Waals surface area contributed by atoms with Crippen molar-refractivity contribution < 1.29 is 14.3 Å². The molecule has 0 spiro atoms. The third-order valence-electron chi connectivity index (χ3n) is 3.99. The van der Waals surface area contributed by atoms with Crippen molar-refractivity contribution in [3.05, 3.63) is 35.9 Å². The zero-order chi connectivity index (χ0) is 17.7. The molecule has 6 nitrogen and oxygen atoms in total. The molecule has 1 fully saturated rings. The van der Waals surface area contributed by atoms with Crippen molar-refractivity contribution in [3.63, 3.8) is 0 Å². The maximum Gasteiger partial charge on any atom is 0.422 e. The summed E-state index contributed by atoms with van der Waals surface area (Å²) in [7, 11) is 0. The Balaban J connectivity index is 1.83. The van der Waals surface area contributed by atoms with Crippen LogP contribution in [-0.4, -0.2) is 35.1 Å². The number of hydrazine groups is 1. The Labute approximate surface area is 143 Å². The van der Waals surface area contributed by atoms with Crippen LogP contribution in [0.25, 0.3) is 0 Å². The highest BCUT2D eigenvalue weighted by Crippen LogP contribution is 2.24. The second-order valence-corrected chi connectivity index (χ2v) is 7.13. The number of hydrogen-bond acceptors (Lipinski definition) is 4. The lowest BCUT2D eigenvalue weighted by molar-refractivity contribution is -0.136. The van der Waals surface area contributed by atoms with Gasteiger partial charge in [0.05, 0.1) is 6.04 Å². The first-order valence-corrected chi connectivity index (χ1v) is 8.35. The number of nitrogens with one attached hydrogen (secondary N) is 2. The van der Waals surface area contributed by atoms with E-state index in [1.54, 1.807) is 20.8 Å². The number of nitrogens with zero attached hydrogens (tertiary/aromatic N) is 1. The molecule has 1 saturated heterocycles. The topological polar surface area (TPSA) is 70.7 Å². The number of likely N-dealkylation sites (tertiary alicyclic amines) is 1. The first kappa shape index (κ1) is 18.3. The fraction of sp³-hybridized carbons (Fsp3) is 0.556. The van der Waals surface area contributed by atoms with E-state index in [0.717, 1.165) is 12.0 Å². The summed E-state index contributed by atoms with van der Waals surface area (Å²) in [6.07, 6.45) is 0.598. The van der Waals surface area contributed by atoms with Gasteiger partial charge in [-0.15, -0.1) is 0 Å². The summed E-state index contributed by atoms with van der Waals surface area (Å²) in [4.78, 5) is 26.0. The minimum atomic E-state index is -0.546. The first-order chi connectivity index (χ1) is 11.3. The molecule has 6 heteroatoms. The lowest BCUT2D eigenvalue weighted by Crippen LogP contribution is -2.52. The monoisotopic (exact) mass is 333 g/mol. The molecule has 0 aliphatic carbocycles. The van der Waals surface area contributed by atoms with Crippen LogP contribution < -0.4 is 10.9 Å². The Bertz CT molecular complexity index is 569. The normalized spacial score (nSPS) is 19.8. The van der Waals surface area contributed by atoms with Crippen LogP contribution in [-0.2, 0) is 9.53 Å². The van der Waals surface area contributed by atoms with Crippen molar-refractivity contribution in [2.45, 2.75) is 58.2 Å². The van der Waals surface area contributed by atoms with Crippen LogP contribution in [0.2, 0.25) is 0 Å². The third kappa shape index (κ3) is 5.23. The predicted octanol–water partition coefficient (Wildman–Crippen LogP) is 2.77. The number of hydrogen-bond donors (Lipinski definition) is 2. The van der Waals surface area contributed by atoms with Crippen molar-refractivity contribution in [1.82, 2.24) is 15.8 Å². The maximum atomic E-state index is 12.4. The molecule has 2 atom stereocenters. The molecule has 1 heterocycles. The van der Waals surface area contributed by atoms with Gasteiger partial charge in [-0.1, -0.05) is 30.3 Å². The largest absolute Gasteiger partial charge is 0.443 e. The molecule has 2 unspecified atom stereocenters. The molecule has 1 aliphatic heterocycles. The summed E-state index contributed by atoms with van der Waals surface area (Å²) >= 11 is 0. The summed E-state index contributed by atoms with van der Waals surface area (Å²) in [6.45, 7) is 8.11. The van der Waals surface area contributed by atoms with E-state index >= 15 is 0 Å². The Morgan fingerprint density at radius 1 is 1.29 bits per heavy atom. The van der Waals surface area contributed by atoms with Gasteiger partial charge < -0.3 is 9.64 Å². The van der Waals surface area contributed by atoms with Crippen LogP contribution in [0.15, 0.2) is 30.3 Å². The van der Waals surface area contributed by atoms with Gasteiger partial charge in [0.2, 0.25) is 5.91 Å². The van der Waals surface area contributed by atoms with E-state index in [1.165, 1.54) is 0 Å².